The first-order valence-corrected chi connectivity index (χ1v) is 4.45. The molecule has 6 heteroatoms. The number of rotatable bonds is 6. The lowest BCUT2D eigenvalue weighted by molar-refractivity contribution is -0.140. The van der Waals surface area contributed by atoms with Crippen molar-refractivity contribution in [1.29, 1.82) is 0 Å². The molecule has 5 N–H and O–H groups in total. The molecule has 80 valence electrons. The molecule has 0 spiro atoms. The summed E-state index contributed by atoms with van der Waals surface area (Å²) in [7, 11) is 0. The van der Waals surface area contributed by atoms with Gasteiger partial charge >= 0.3 is 11.9 Å². The second-order valence-corrected chi connectivity index (χ2v) is 3.58. The van der Waals surface area contributed by atoms with Crippen LogP contribution in [0.1, 0.15) is 19.3 Å². The fourth-order valence-electron chi connectivity index (χ4n) is 1.29. The van der Waals surface area contributed by atoms with Crippen LogP contribution in [0.15, 0.2) is 0 Å². The van der Waals surface area contributed by atoms with Crippen LogP contribution in [0.5, 0.6) is 0 Å². The molecule has 14 heavy (non-hydrogen) atoms. The minimum Gasteiger partial charge on any atom is -0.480 e. The van der Waals surface area contributed by atoms with Crippen LogP contribution in [0.3, 0.4) is 0 Å². The molecule has 6 nitrogen and oxygen atoms in total. The second kappa shape index (κ2) is 3.93. The Kier molecular flexibility index (Phi) is 3.07. The van der Waals surface area contributed by atoms with Gasteiger partial charge in [-0.1, -0.05) is 0 Å². The molecule has 0 aromatic rings. The summed E-state index contributed by atoms with van der Waals surface area (Å²) in [4.78, 5) is 21.0. The third-order valence-electron chi connectivity index (χ3n) is 2.45. The smallest absolute Gasteiger partial charge is 0.325 e. The van der Waals surface area contributed by atoms with E-state index >= 15 is 0 Å². The molecular weight excluding hydrogens is 188 g/mol. The van der Waals surface area contributed by atoms with Crippen LogP contribution >= 0.6 is 0 Å². The quantitative estimate of drug-likeness (QED) is 0.409. The molecule has 0 aliphatic carbocycles. The fraction of sp³-hybridized carbons (Fsp3) is 0.750. The van der Waals surface area contributed by atoms with E-state index in [9.17, 15) is 9.59 Å². The predicted octanol–water partition coefficient (Wildman–Crippen LogP) is -1.00. The van der Waals surface area contributed by atoms with Crippen LogP contribution in [0.2, 0.25) is 0 Å². The Morgan fingerprint density at radius 3 is 2.43 bits per heavy atom. The van der Waals surface area contributed by atoms with Gasteiger partial charge in [0.05, 0.1) is 0 Å². The molecule has 0 saturated carbocycles. The average Bonchev–Trinajstić information content (AvgIpc) is 2.85. The third kappa shape index (κ3) is 2.43. The van der Waals surface area contributed by atoms with Crippen LogP contribution < -0.4 is 11.1 Å². The Morgan fingerprint density at radius 1 is 1.50 bits per heavy atom. The Bertz CT molecular complexity index is 250. The molecule has 1 aliphatic rings. The molecule has 1 fully saturated rings. The highest BCUT2D eigenvalue weighted by Gasteiger charge is 2.49. The summed E-state index contributed by atoms with van der Waals surface area (Å²) in [6.45, 7) is 0.463. The zero-order valence-corrected chi connectivity index (χ0v) is 7.69. The lowest BCUT2D eigenvalue weighted by Crippen LogP contribution is -2.32. The van der Waals surface area contributed by atoms with Gasteiger partial charge in [-0.25, -0.2) is 0 Å². The van der Waals surface area contributed by atoms with E-state index < -0.39 is 23.5 Å². The van der Waals surface area contributed by atoms with Crippen LogP contribution in [-0.4, -0.2) is 40.3 Å². The average molecular weight is 202 g/mol. The normalized spacial score (nSPS) is 26.9. The molecule has 0 aromatic heterocycles. The summed E-state index contributed by atoms with van der Waals surface area (Å²) in [5.74, 6) is -1.92. The summed E-state index contributed by atoms with van der Waals surface area (Å²) < 4.78 is 0. The third-order valence-corrected chi connectivity index (χ3v) is 2.45. The van der Waals surface area contributed by atoms with Gasteiger partial charge in [0.2, 0.25) is 0 Å². The maximum Gasteiger partial charge on any atom is 0.325 e. The number of carboxylic acid groups (broad SMARTS) is 2. The summed E-state index contributed by atoms with van der Waals surface area (Å²) in [5.41, 5.74) is 4.47. The van der Waals surface area contributed by atoms with E-state index in [4.69, 9.17) is 15.9 Å². The monoisotopic (exact) mass is 202 g/mol. The Morgan fingerprint density at radius 2 is 2.07 bits per heavy atom. The van der Waals surface area contributed by atoms with Crippen LogP contribution in [0.25, 0.3) is 0 Å². The van der Waals surface area contributed by atoms with Crippen molar-refractivity contribution in [3.63, 3.8) is 0 Å². The Labute approximate surface area is 81.1 Å². The van der Waals surface area contributed by atoms with Crippen LogP contribution in [-0.2, 0) is 9.59 Å². The number of hydrogen-bond donors (Lipinski definition) is 4. The molecule has 1 aliphatic heterocycles. The molecule has 1 heterocycles. The van der Waals surface area contributed by atoms with Crippen molar-refractivity contribution >= 4 is 11.9 Å². The van der Waals surface area contributed by atoms with E-state index in [1.807, 2.05) is 0 Å². The van der Waals surface area contributed by atoms with Crippen molar-refractivity contribution in [1.82, 2.24) is 5.32 Å². The second-order valence-electron chi connectivity index (χ2n) is 3.58. The highest BCUT2D eigenvalue weighted by molar-refractivity contribution is 5.82. The first-order valence-electron chi connectivity index (χ1n) is 4.45. The van der Waals surface area contributed by atoms with Crippen molar-refractivity contribution in [2.45, 2.75) is 30.8 Å². The van der Waals surface area contributed by atoms with Crippen LogP contribution in [0, 0.1) is 0 Å². The van der Waals surface area contributed by atoms with Crippen LogP contribution in [0.4, 0.5) is 0 Å². The molecule has 2 atom stereocenters. The maximum atomic E-state index is 10.7. The maximum absolute atomic E-state index is 10.7. The van der Waals surface area contributed by atoms with Crippen molar-refractivity contribution < 1.29 is 19.8 Å². The number of nitrogens with one attached hydrogen (secondary N) is 1. The van der Waals surface area contributed by atoms with Gasteiger partial charge in [0.1, 0.15) is 11.6 Å². The topological polar surface area (TPSA) is 123 Å². The number of carboxylic acids is 2. The SMILES string of the molecule is N[C@H](CCC[C@@]1(C(=O)O)CN1)C(=O)O. The number of aliphatic carboxylic acids is 2. The number of nitrogens with two attached hydrogens (primary N) is 1. The Balaban J connectivity index is 2.22. The summed E-state index contributed by atoms with van der Waals surface area (Å²) >= 11 is 0. The molecule has 1 saturated heterocycles. The molecule has 0 radical (unpaired) electrons. The summed E-state index contributed by atoms with van der Waals surface area (Å²) in [6.07, 6.45) is 1.25. The number of carbonyl (C=O) groups is 2. The van der Waals surface area contributed by atoms with Crippen molar-refractivity contribution in [3.8, 4) is 0 Å². The highest BCUT2D eigenvalue weighted by atomic mass is 16.4. The molecule has 0 aromatic carbocycles. The van der Waals surface area contributed by atoms with Gasteiger partial charge in [-0.2, -0.15) is 0 Å². The lowest BCUT2D eigenvalue weighted by Gasteiger charge is -2.09. The van der Waals surface area contributed by atoms with E-state index in [0.29, 0.717) is 25.8 Å². The van der Waals surface area contributed by atoms with E-state index in [2.05, 4.69) is 5.32 Å². The first-order chi connectivity index (χ1) is 6.48. The van der Waals surface area contributed by atoms with Crippen molar-refractivity contribution in [3.05, 3.63) is 0 Å². The standard InChI is InChI=1S/C8H14N2O4/c9-5(6(11)12)2-1-3-8(4-10-8)7(13)14/h5,10H,1-4,9H2,(H,11,12)(H,13,14)/t5-,8+/m1/s1. The summed E-state index contributed by atoms with van der Waals surface area (Å²) in [6, 6.07) is -0.889. The van der Waals surface area contributed by atoms with Gasteiger partial charge < -0.3 is 15.9 Å². The van der Waals surface area contributed by atoms with Crippen molar-refractivity contribution in [2.75, 3.05) is 6.54 Å². The minimum atomic E-state index is -1.04. The first kappa shape index (κ1) is 10.9. The number of hydrogen-bond acceptors (Lipinski definition) is 4. The molecular formula is C8H14N2O4. The van der Waals surface area contributed by atoms with Gasteiger partial charge in [-0.15, -0.1) is 0 Å². The van der Waals surface area contributed by atoms with E-state index in [-0.39, 0.29) is 0 Å². The van der Waals surface area contributed by atoms with Gasteiger partial charge in [0, 0.05) is 6.54 Å². The molecule has 1 rings (SSSR count). The van der Waals surface area contributed by atoms with Gasteiger partial charge in [0.25, 0.3) is 0 Å². The lowest BCUT2D eigenvalue weighted by atomic mass is 10.0. The molecule has 0 unspecified atom stereocenters. The zero-order chi connectivity index (χ0) is 10.8. The largest absolute Gasteiger partial charge is 0.480 e. The minimum absolute atomic E-state index is 0.312. The van der Waals surface area contributed by atoms with E-state index in [1.54, 1.807) is 0 Å². The summed E-state index contributed by atoms with van der Waals surface area (Å²) in [5, 5.41) is 20.0. The van der Waals surface area contributed by atoms with Gasteiger partial charge in [0.15, 0.2) is 0 Å². The van der Waals surface area contributed by atoms with E-state index in [0.717, 1.165) is 0 Å². The van der Waals surface area contributed by atoms with E-state index in [1.165, 1.54) is 0 Å². The van der Waals surface area contributed by atoms with Crippen molar-refractivity contribution in [2.24, 2.45) is 5.73 Å². The predicted molar refractivity (Wildman–Crippen MR) is 47.8 cm³/mol. The van der Waals surface area contributed by atoms with Gasteiger partial charge in [-0.3, -0.25) is 14.9 Å². The highest BCUT2D eigenvalue weighted by Crippen LogP contribution is 2.24. The zero-order valence-electron chi connectivity index (χ0n) is 7.69. The Hall–Kier alpha value is -1.14. The molecule has 0 amide bonds. The fourth-order valence-corrected chi connectivity index (χ4v) is 1.29. The molecule has 0 bridgehead atoms. The van der Waals surface area contributed by atoms with Gasteiger partial charge in [-0.05, 0) is 19.3 Å².